The van der Waals surface area contributed by atoms with E-state index in [1.165, 1.54) is 12.5 Å². The minimum atomic E-state index is -1.67. The SMILES string of the molecule is C#CCC(C)(C)C(=O)OCC(C)(COC(=O)C(C)(C)CC#C)C(=O)OC(OC(=O)CCC/C=C\C[C@@H]1[C@@H](CC[C@@H](O)CCc2ccccc2)[C@H](O)C[C@@H]1O)C(C)C. The summed E-state index contributed by atoms with van der Waals surface area (Å²) in [6.07, 6.45) is 16.4. The highest BCUT2D eigenvalue weighted by Crippen LogP contribution is 2.38. The molecule has 1 aliphatic rings. The molecule has 1 fully saturated rings. The van der Waals surface area contributed by atoms with Crippen LogP contribution in [0.5, 0.6) is 0 Å². The number of aliphatic hydroxyl groups is 3. The van der Waals surface area contributed by atoms with Gasteiger partial charge in [0.25, 0.3) is 0 Å². The van der Waals surface area contributed by atoms with E-state index in [-0.39, 0.29) is 31.1 Å². The van der Waals surface area contributed by atoms with E-state index in [0.29, 0.717) is 44.9 Å². The van der Waals surface area contributed by atoms with E-state index in [9.17, 15) is 34.5 Å². The average Bonchev–Trinajstić information content (AvgIpc) is 3.42. The largest absolute Gasteiger partial charge is 0.464 e. The first-order chi connectivity index (χ1) is 26.8. The van der Waals surface area contributed by atoms with Gasteiger partial charge in [0.2, 0.25) is 6.29 Å². The zero-order chi connectivity index (χ0) is 42.8. The number of ether oxygens (including phenoxy) is 4. The first kappa shape index (κ1) is 49.0. The van der Waals surface area contributed by atoms with Crippen molar-refractivity contribution in [1.82, 2.24) is 0 Å². The summed E-state index contributed by atoms with van der Waals surface area (Å²) in [6.45, 7) is 10.3. The van der Waals surface area contributed by atoms with Crippen LogP contribution < -0.4 is 0 Å². The highest BCUT2D eigenvalue weighted by Gasteiger charge is 2.44. The lowest BCUT2D eigenvalue weighted by Gasteiger charge is -2.32. The standard InChI is InChI=1S/C46H66O11/c1-10-27-44(5,6)41(51)54-30-46(9,31-55-42(52)45(7,8)28-11-2)43(53)57-40(32(3)4)56-39(50)22-18-13-12-17-21-35-36(38(49)29-37(35)48)26-25-34(47)24-23-33-19-15-14-16-20-33/h1-2,12,14-17,19-20,32,34-38,40,47-49H,13,18,21-31H2,3-9H3/b17-12-/t34-,35+,36+,37-,38+,40?/m0/s1. The Labute approximate surface area is 340 Å². The van der Waals surface area contributed by atoms with Crippen LogP contribution in [0, 0.1) is 58.7 Å². The maximum absolute atomic E-state index is 13.7. The number of allylic oxidation sites excluding steroid dienone is 2. The Kier molecular flexibility index (Phi) is 20.0. The number of benzene rings is 1. The molecule has 0 aromatic heterocycles. The number of esters is 4. The quantitative estimate of drug-likeness (QED) is 0.0261. The third kappa shape index (κ3) is 16.3. The van der Waals surface area contributed by atoms with Crippen LogP contribution in [-0.2, 0) is 44.5 Å². The molecule has 0 aliphatic heterocycles. The summed E-state index contributed by atoms with van der Waals surface area (Å²) in [6, 6.07) is 9.99. The van der Waals surface area contributed by atoms with E-state index < -0.39 is 83.9 Å². The Hall–Kier alpha value is -4.16. The average molecular weight is 795 g/mol. The maximum Gasteiger partial charge on any atom is 0.321 e. The fraction of sp³-hybridized carbons (Fsp3) is 0.652. The summed E-state index contributed by atoms with van der Waals surface area (Å²) in [5, 5.41) is 31.9. The van der Waals surface area contributed by atoms with Gasteiger partial charge in [-0.15, -0.1) is 24.7 Å². The molecule has 11 heteroatoms. The van der Waals surface area contributed by atoms with Crippen molar-refractivity contribution in [3.63, 3.8) is 0 Å². The van der Waals surface area contributed by atoms with E-state index in [1.807, 2.05) is 42.5 Å². The van der Waals surface area contributed by atoms with Gasteiger partial charge >= 0.3 is 23.9 Å². The highest BCUT2D eigenvalue weighted by atomic mass is 16.7. The van der Waals surface area contributed by atoms with Gasteiger partial charge in [-0.05, 0) is 103 Å². The Bertz CT molecular complexity index is 1500. The number of carbonyl (C=O) groups excluding carboxylic acids is 4. The number of aliphatic hydroxyl groups excluding tert-OH is 3. The van der Waals surface area contributed by atoms with Crippen molar-refractivity contribution in [2.45, 2.75) is 144 Å². The van der Waals surface area contributed by atoms with Crippen molar-refractivity contribution in [2.24, 2.45) is 34.0 Å². The van der Waals surface area contributed by atoms with E-state index in [0.717, 1.165) is 6.42 Å². The summed E-state index contributed by atoms with van der Waals surface area (Å²) in [7, 11) is 0. The van der Waals surface area contributed by atoms with Gasteiger partial charge < -0.3 is 34.3 Å². The fourth-order valence-corrected chi connectivity index (χ4v) is 6.54. The van der Waals surface area contributed by atoms with E-state index >= 15 is 0 Å². The Morgan fingerprint density at radius 2 is 1.39 bits per heavy atom. The lowest BCUT2D eigenvalue weighted by molar-refractivity contribution is -0.207. The number of hydrogen-bond acceptors (Lipinski definition) is 11. The zero-order valence-corrected chi connectivity index (χ0v) is 35.0. The van der Waals surface area contributed by atoms with Crippen molar-refractivity contribution in [2.75, 3.05) is 13.2 Å². The highest BCUT2D eigenvalue weighted by molar-refractivity contribution is 5.81. The van der Waals surface area contributed by atoms with E-state index in [1.54, 1.807) is 41.5 Å². The summed E-state index contributed by atoms with van der Waals surface area (Å²) in [4.78, 5) is 52.3. The Balaban J connectivity index is 1.94. The van der Waals surface area contributed by atoms with Gasteiger partial charge in [0.1, 0.15) is 18.6 Å². The molecule has 0 heterocycles. The number of unbranched alkanes of at least 4 members (excludes halogenated alkanes) is 1. The van der Waals surface area contributed by atoms with Crippen molar-refractivity contribution >= 4 is 23.9 Å². The molecule has 0 saturated heterocycles. The molecule has 316 valence electrons. The van der Waals surface area contributed by atoms with Crippen LogP contribution in [0.4, 0.5) is 0 Å². The van der Waals surface area contributed by atoms with Crippen molar-refractivity contribution in [3.8, 4) is 24.7 Å². The van der Waals surface area contributed by atoms with Gasteiger partial charge in [-0.1, -0.05) is 56.3 Å². The second-order valence-corrected chi connectivity index (χ2v) is 17.3. The third-order valence-corrected chi connectivity index (χ3v) is 10.5. The first-order valence-corrected chi connectivity index (χ1v) is 20.1. The van der Waals surface area contributed by atoms with Crippen LogP contribution in [-0.4, -0.2) is 77.0 Å². The minimum absolute atomic E-state index is 0.0421. The number of terminal acetylenes is 2. The molecule has 11 nitrogen and oxygen atoms in total. The first-order valence-electron chi connectivity index (χ1n) is 20.1. The lowest BCUT2D eigenvalue weighted by Crippen LogP contribution is -2.45. The van der Waals surface area contributed by atoms with Gasteiger partial charge in [0.05, 0.1) is 29.1 Å². The number of rotatable bonds is 24. The molecule has 1 aliphatic carbocycles. The smallest absolute Gasteiger partial charge is 0.321 e. The molecular weight excluding hydrogens is 728 g/mol. The molecule has 6 atom stereocenters. The predicted molar refractivity (Wildman–Crippen MR) is 217 cm³/mol. The van der Waals surface area contributed by atoms with Crippen LogP contribution in [0.3, 0.4) is 0 Å². The zero-order valence-electron chi connectivity index (χ0n) is 35.0. The molecule has 3 N–H and O–H groups in total. The minimum Gasteiger partial charge on any atom is -0.464 e. The molecule has 1 aromatic rings. The molecule has 1 unspecified atom stereocenters. The molecule has 1 saturated carbocycles. The Morgan fingerprint density at radius 3 is 1.93 bits per heavy atom. The summed E-state index contributed by atoms with van der Waals surface area (Å²) in [5.41, 5.74) is -2.57. The van der Waals surface area contributed by atoms with Gasteiger partial charge in [0.15, 0.2) is 0 Å². The van der Waals surface area contributed by atoms with E-state index in [4.69, 9.17) is 31.8 Å². The number of carbonyl (C=O) groups is 4. The van der Waals surface area contributed by atoms with Gasteiger partial charge in [-0.3, -0.25) is 19.2 Å². The summed E-state index contributed by atoms with van der Waals surface area (Å²) < 4.78 is 22.3. The van der Waals surface area contributed by atoms with Crippen molar-refractivity contribution in [1.29, 1.82) is 0 Å². The Morgan fingerprint density at radius 1 is 0.825 bits per heavy atom. The second kappa shape index (κ2) is 23.3. The molecule has 2 rings (SSSR count). The lowest BCUT2D eigenvalue weighted by atomic mass is 9.85. The molecule has 0 spiro atoms. The maximum atomic E-state index is 13.7. The summed E-state index contributed by atoms with van der Waals surface area (Å²) in [5.74, 6) is 1.38. The number of hydrogen-bond donors (Lipinski definition) is 3. The molecular formula is C46H66O11. The van der Waals surface area contributed by atoms with E-state index in [2.05, 4.69) is 11.8 Å². The van der Waals surface area contributed by atoms with Gasteiger partial charge in [-0.25, -0.2) is 0 Å². The topological polar surface area (TPSA) is 166 Å². The van der Waals surface area contributed by atoms with Crippen LogP contribution >= 0.6 is 0 Å². The third-order valence-electron chi connectivity index (χ3n) is 10.5. The molecule has 0 bridgehead atoms. The fourth-order valence-electron chi connectivity index (χ4n) is 6.54. The van der Waals surface area contributed by atoms with Gasteiger partial charge in [-0.2, -0.15) is 0 Å². The number of aryl methyl sites for hydroxylation is 1. The van der Waals surface area contributed by atoms with Crippen molar-refractivity contribution < 1.29 is 53.4 Å². The molecule has 0 amide bonds. The molecule has 1 aromatic carbocycles. The monoisotopic (exact) mass is 794 g/mol. The van der Waals surface area contributed by atoms with Crippen LogP contribution in [0.2, 0.25) is 0 Å². The molecule has 0 radical (unpaired) electrons. The molecule has 57 heavy (non-hydrogen) atoms. The van der Waals surface area contributed by atoms with Crippen LogP contribution in [0.25, 0.3) is 0 Å². The predicted octanol–water partition coefficient (Wildman–Crippen LogP) is 6.50. The van der Waals surface area contributed by atoms with Crippen LogP contribution in [0.15, 0.2) is 42.5 Å². The normalized spacial score (nSPS) is 19.7. The van der Waals surface area contributed by atoms with Crippen molar-refractivity contribution in [3.05, 3.63) is 48.0 Å². The van der Waals surface area contributed by atoms with Gasteiger partial charge in [0, 0.05) is 25.2 Å². The second-order valence-electron chi connectivity index (χ2n) is 17.3. The summed E-state index contributed by atoms with van der Waals surface area (Å²) >= 11 is 0. The van der Waals surface area contributed by atoms with Crippen LogP contribution in [0.1, 0.15) is 118 Å².